The van der Waals surface area contributed by atoms with Crippen molar-refractivity contribution in [3.8, 4) is 0 Å². The van der Waals surface area contributed by atoms with Crippen LogP contribution in [0.5, 0.6) is 0 Å². The Bertz CT molecular complexity index is 1320. The number of aromatic nitrogens is 3. The van der Waals surface area contributed by atoms with Crippen molar-refractivity contribution < 1.29 is 9.22 Å². The molecule has 2 aromatic heterocycles. The number of aryl methyl sites for hydroxylation is 2. The summed E-state index contributed by atoms with van der Waals surface area (Å²) in [4.78, 5) is 31.7. The van der Waals surface area contributed by atoms with Crippen LogP contribution in [-0.4, -0.2) is 73.4 Å². The van der Waals surface area contributed by atoms with E-state index in [9.17, 15) is 4.79 Å². The molecule has 4 rings (SSSR count). The molecule has 1 aliphatic heterocycles. The number of hydrogen-bond donors (Lipinski definition) is 2. The molecule has 12 heteroatoms. The first-order valence-electron chi connectivity index (χ1n) is 13.6. The number of piperazine rings is 1. The van der Waals surface area contributed by atoms with Crippen LogP contribution in [0.25, 0.3) is 0 Å². The maximum absolute atomic E-state index is 12.8. The zero-order valence-electron chi connectivity index (χ0n) is 24.5. The van der Waals surface area contributed by atoms with Gasteiger partial charge in [-0.2, -0.15) is 0 Å². The van der Waals surface area contributed by atoms with E-state index in [2.05, 4.69) is 69.3 Å². The molecule has 0 spiro atoms. The Balaban J connectivity index is 1.33. The van der Waals surface area contributed by atoms with Gasteiger partial charge in [0.2, 0.25) is 0 Å². The first-order valence-corrected chi connectivity index (χ1v) is 17.7. The summed E-state index contributed by atoms with van der Waals surface area (Å²) in [6.07, 6.45) is 1.55. The molecule has 1 fully saturated rings. The normalized spacial score (nSPS) is 14.8. The predicted molar refractivity (Wildman–Crippen MR) is 168 cm³/mol. The van der Waals surface area contributed by atoms with Gasteiger partial charge in [-0.15, -0.1) is 0 Å². The third kappa shape index (κ3) is 7.58. The van der Waals surface area contributed by atoms with E-state index in [1.807, 2.05) is 32.0 Å². The van der Waals surface area contributed by atoms with Crippen LogP contribution in [-0.2, 0) is 4.43 Å². The fourth-order valence-electron chi connectivity index (χ4n) is 4.14. The zero-order valence-corrected chi connectivity index (χ0v) is 27.0. The molecule has 216 valence electrons. The monoisotopic (exact) mass is 601 g/mol. The lowest BCUT2D eigenvalue weighted by Gasteiger charge is -2.38. The number of nitrogens with zero attached hydrogens (tertiary/aromatic N) is 5. The van der Waals surface area contributed by atoms with Crippen LogP contribution in [0.3, 0.4) is 0 Å². The number of rotatable bonds is 9. The fraction of sp³-hybridized carbons (Fsp3) is 0.500. The van der Waals surface area contributed by atoms with Crippen molar-refractivity contribution in [2.45, 2.75) is 52.8 Å². The predicted octanol–water partition coefficient (Wildman–Crippen LogP) is 6.34. The summed E-state index contributed by atoms with van der Waals surface area (Å²) in [5.74, 6) is 1.95. The Labute approximate surface area is 247 Å². The molecular weight excluding hydrogens is 562 g/mol. The third-order valence-electron chi connectivity index (χ3n) is 7.62. The first-order chi connectivity index (χ1) is 18.8. The van der Waals surface area contributed by atoms with Gasteiger partial charge in [-0.3, -0.25) is 9.69 Å². The summed E-state index contributed by atoms with van der Waals surface area (Å²) in [7, 11) is -1.72. The lowest BCUT2D eigenvalue weighted by Crippen LogP contribution is -2.49. The number of carbonyl (C=O) groups is 1. The molecule has 1 saturated heterocycles. The second-order valence-corrected chi connectivity index (χ2v) is 17.9. The van der Waals surface area contributed by atoms with Crippen LogP contribution in [0.15, 0.2) is 30.5 Å². The van der Waals surface area contributed by atoms with Crippen LogP contribution in [0.4, 0.5) is 22.5 Å². The van der Waals surface area contributed by atoms with Gasteiger partial charge in [0, 0.05) is 45.4 Å². The van der Waals surface area contributed by atoms with Crippen LogP contribution < -0.4 is 15.5 Å². The number of benzene rings is 1. The number of anilines is 4. The number of para-hydroxylation sites is 1. The molecule has 1 aliphatic rings. The van der Waals surface area contributed by atoms with Gasteiger partial charge in [0.1, 0.15) is 22.3 Å². The minimum atomic E-state index is -1.72. The van der Waals surface area contributed by atoms with Gasteiger partial charge in [0.25, 0.3) is 5.91 Å². The summed E-state index contributed by atoms with van der Waals surface area (Å²) < 4.78 is 6.37. The molecule has 0 radical (unpaired) electrons. The summed E-state index contributed by atoms with van der Waals surface area (Å²) in [6.45, 7) is 20.6. The number of amides is 1. The maximum atomic E-state index is 12.8. The molecule has 0 atom stereocenters. The Kier molecular flexibility index (Phi) is 9.51. The number of carbonyl (C=O) groups excluding carboxylic acids is 1. The highest BCUT2D eigenvalue weighted by Crippen LogP contribution is 2.36. The van der Waals surface area contributed by atoms with E-state index in [1.54, 1.807) is 12.3 Å². The second-order valence-electron chi connectivity index (χ2n) is 11.6. The smallest absolute Gasteiger partial charge is 0.267 e. The standard InChI is InChI=1S/C28H40ClN7O2SSi/c1-19-9-8-10-21(29)25(19)34-26(37)22-18-30-27(39-22)33-23-17-24(32-20(2)31-23)36-13-11-35(12-14-36)15-16-38-40(6,7)28(3,4)5/h8-10,17-18H,11-16H2,1-7H3,(H,34,37)(H,30,31,32,33). The molecule has 0 saturated carbocycles. The van der Waals surface area contributed by atoms with E-state index in [0.29, 0.717) is 32.4 Å². The van der Waals surface area contributed by atoms with Crippen LogP contribution >= 0.6 is 22.9 Å². The number of halogens is 1. The van der Waals surface area contributed by atoms with Crippen LogP contribution in [0, 0.1) is 13.8 Å². The highest BCUT2D eigenvalue weighted by molar-refractivity contribution is 7.17. The first kappa shape index (κ1) is 30.4. The largest absolute Gasteiger partial charge is 0.416 e. The molecule has 0 unspecified atom stereocenters. The summed E-state index contributed by atoms with van der Waals surface area (Å²) in [5, 5.41) is 7.45. The molecule has 1 amide bonds. The van der Waals surface area contributed by atoms with Gasteiger partial charge in [-0.05, 0) is 43.6 Å². The van der Waals surface area contributed by atoms with E-state index in [-0.39, 0.29) is 10.9 Å². The minimum Gasteiger partial charge on any atom is -0.416 e. The quantitative estimate of drug-likeness (QED) is 0.274. The Morgan fingerprint density at radius 3 is 2.55 bits per heavy atom. The number of thiazole rings is 1. The minimum absolute atomic E-state index is 0.227. The number of hydrogen-bond acceptors (Lipinski definition) is 9. The van der Waals surface area contributed by atoms with Gasteiger partial charge < -0.3 is 20.0 Å². The summed E-state index contributed by atoms with van der Waals surface area (Å²) in [6, 6.07) is 7.45. The van der Waals surface area contributed by atoms with Crippen molar-refractivity contribution in [1.29, 1.82) is 0 Å². The molecule has 0 aliphatic carbocycles. The van der Waals surface area contributed by atoms with E-state index in [1.165, 1.54) is 11.3 Å². The van der Waals surface area contributed by atoms with Gasteiger partial charge in [0.05, 0.1) is 16.9 Å². The third-order valence-corrected chi connectivity index (χ3v) is 13.4. The molecule has 3 aromatic rings. The lowest BCUT2D eigenvalue weighted by molar-refractivity contribution is 0.103. The van der Waals surface area contributed by atoms with Gasteiger partial charge in [-0.1, -0.05) is 55.8 Å². The van der Waals surface area contributed by atoms with Crippen molar-refractivity contribution >= 4 is 59.6 Å². The lowest BCUT2D eigenvalue weighted by atomic mass is 10.2. The van der Waals surface area contributed by atoms with Crippen LogP contribution in [0.2, 0.25) is 23.2 Å². The van der Waals surface area contributed by atoms with Crippen molar-refractivity contribution in [2.75, 3.05) is 54.9 Å². The van der Waals surface area contributed by atoms with Gasteiger partial charge in [0.15, 0.2) is 13.4 Å². The van der Waals surface area contributed by atoms with Crippen molar-refractivity contribution in [1.82, 2.24) is 19.9 Å². The number of nitrogens with one attached hydrogen (secondary N) is 2. The summed E-state index contributed by atoms with van der Waals surface area (Å²) in [5.41, 5.74) is 1.50. The van der Waals surface area contributed by atoms with Crippen molar-refractivity contribution in [2.24, 2.45) is 0 Å². The molecule has 40 heavy (non-hydrogen) atoms. The van der Waals surface area contributed by atoms with E-state index >= 15 is 0 Å². The van der Waals surface area contributed by atoms with Crippen molar-refractivity contribution in [3.05, 3.63) is 51.7 Å². The Morgan fingerprint density at radius 1 is 1.15 bits per heavy atom. The Hall–Kier alpha value is -2.57. The average molecular weight is 602 g/mol. The maximum Gasteiger partial charge on any atom is 0.267 e. The van der Waals surface area contributed by atoms with Gasteiger partial charge in [-0.25, -0.2) is 15.0 Å². The highest BCUT2D eigenvalue weighted by Gasteiger charge is 2.37. The fourth-order valence-corrected chi connectivity index (χ4v) is 6.16. The SMILES string of the molecule is Cc1nc(Nc2ncc(C(=O)Nc3c(C)cccc3Cl)s2)cc(N2CCN(CCO[Si](C)(C)C(C)(C)C)CC2)n1. The average Bonchev–Trinajstić information content (AvgIpc) is 3.34. The molecule has 9 nitrogen and oxygen atoms in total. The Morgan fingerprint density at radius 2 is 1.88 bits per heavy atom. The van der Waals surface area contributed by atoms with E-state index < -0.39 is 8.32 Å². The highest BCUT2D eigenvalue weighted by atomic mass is 35.5. The second kappa shape index (κ2) is 12.5. The van der Waals surface area contributed by atoms with Crippen LogP contribution in [0.1, 0.15) is 41.8 Å². The molecule has 3 heterocycles. The summed E-state index contributed by atoms with van der Waals surface area (Å²) >= 11 is 7.52. The topological polar surface area (TPSA) is 95.5 Å². The van der Waals surface area contributed by atoms with E-state index in [0.717, 1.165) is 50.7 Å². The molecule has 1 aromatic carbocycles. The van der Waals surface area contributed by atoms with Gasteiger partial charge >= 0.3 is 0 Å². The molecule has 0 bridgehead atoms. The molecule has 2 N–H and O–H groups in total. The molecular formula is C28H40ClN7O2SSi. The van der Waals surface area contributed by atoms with Crippen molar-refractivity contribution in [3.63, 3.8) is 0 Å². The zero-order chi connectivity index (χ0) is 29.1. The van der Waals surface area contributed by atoms with E-state index in [4.69, 9.17) is 16.0 Å².